The quantitative estimate of drug-likeness (QED) is 0.212. The average molecular weight is 674 g/mol. The average Bonchev–Trinajstić information content (AvgIpc) is 3.38. The first-order valence-electron chi connectivity index (χ1n) is 17.9. The van der Waals surface area contributed by atoms with Gasteiger partial charge < -0.3 is 15.0 Å². The number of benzene rings is 2. The summed E-state index contributed by atoms with van der Waals surface area (Å²) in [5.41, 5.74) is 1.08. The van der Waals surface area contributed by atoms with Crippen LogP contribution in [0.2, 0.25) is 0 Å². The van der Waals surface area contributed by atoms with E-state index >= 15 is 8.78 Å². The second kappa shape index (κ2) is 10.0. The Morgan fingerprint density at radius 2 is 1.92 bits per heavy atom. The van der Waals surface area contributed by atoms with Crippen LogP contribution in [0.3, 0.4) is 0 Å². The minimum absolute atomic E-state index is 0.0644. The van der Waals surface area contributed by atoms with Gasteiger partial charge in [0.15, 0.2) is 11.5 Å². The molecule has 4 saturated heterocycles. The normalized spacial score (nSPS) is 32.6. The van der Waals surface area contributed by atoms with E-state index < -0.39 is 22.7 Å². The smallest absolute Gasteiger partial charge is 0.319 e. The monoisotopic (exact) mass is 673 g/mol. The van der Waals surface area contributed by atoms with Crippen molar-refractivity contribution in [3.8, 4) is 17.3 Å². The van der Waals surface area contributed by atoms with Crippen LogP contribution >= 0.6 is 0 Å². The Morgan fingerprint density at radius 1 is 1.08 bits per heavy atom. The lowest BCUT2D eigenvalue weighted by Gasteiger charge is -2.43. The van der Waals surface area contributed by atoms with Crippen molar-refractivity contribution in [2.45, 2.75) is 88.4 Å². The highest BCUT2D eigenvalue weighted by atomic mass is 19.3. The van der Waals surface area contributed by atoms with Crippen LogP contribution in [-0.4, -0.2) is 70.7 Å². The van der Waals surface area contributed by atoms with Crippen LogP contribution in [0, 0.1) is 29.9 Å². The SMILES string of the molecule is Cc1c(F)ccc2cccc(-c3c(F)c4nc(OC[C@@]56CCCN5C[C@@]5(CC5(F)F)C6)nc5c4c([n+]3C)C[C@H](C)[C@H]3[C@@H]4CC[C@H](CN53)N4)c12. The van der Waals surface area contributed by atoms with E-state index in [0.29, 0.717) is 58.8 Å². The highest BCUT2D eigenvalue weighted by Gasteiger charge is 2.77. The van der Waals surface area contributed by atoms with Gasteiger partial charge in [0.25, 0.3) is 11.6 Å². The van der Waals surface area contributed by atoms with Gasteiger partial charge >= 0.3 is 6.01 Å². The number of fused-ring (bicyclic) bond motifs is 7. The number of nitrogens with one attached hydrogen (secondary N) is 1. The molecular weight excluding hydrogens is 632 g/mol. The Bertz CT molecular complexity index is 2090. The first-order valence-corrected chi connectivity index (χ1v) is 17.9. The summed E-state index contributed by atoms with van der Waals surface area (Å²) in [5, 5.41) is 6.01. The van der Waals surface area contributed by atoms with Crippen molar-refractivity contribution in [1.29, 1.82) is 0 Å². The number of anilines is 1. The fourth-order valence-electron chi connectivity index (χ4n) is 10.8. The van der Waals surface area contributed by atoms with Crippen molar-refractivity contribution in [2.24, 2.45) is 18.4 Å². The second-order valence-corrected chi connectivity index (χ2v) is 16.0. The van der Waals surface area contributed by atoms with Crippen LogP contribution in [0.25, 0.3) is 32.9 Å². The number of nitrogens with zero attached hydrogens (tertiary/aromatic N) is 5. The molecule has 1 spiro atoms. The summed E-state index contributed by atoms with van der Waals surface area (Å²) in [4.78, 5) is 14.5. The van der Waals surface area contributed by atoms with Gasteiger partial charge in [0.2, 0.25) is 5.82 Å². The maximum atomic E-state index is 17.5. The molecule has 1 saturated carbocycles. The molecule has 256 valence electrons. The van der Waals surface area contributed by atoms with Crippen molar-refractivity contribution in [3.63, 3.8) is 0 Å². The molecule has 5 aliphatic heterocycles. The largest absolute Gasteiger partial charge is 0.461 e. The third-order valence-corrected chi connectivity index (χ3v) is 13.2. The lowest BCUT2D eigenvalue weighted by atomic mass is 9.89. The summed E-state index contributed by atoms with van der Waals surface area (Å²) in [7, 11) is 1.90. The van der Waals surface area contributed by atoms with Crippen LogP contribution in [0.1, 0.15) is 56.7 Å². The van der Waals surface area contributed by atoms with Gasteiger partial charge in [-0.25, -0.2) is 13.2 Å². The number of aromatic nitrogens is 3. The number of rotatable bonds is 4. The van der Waals surface area contributed by atoms with Crippen molar-refractivity contribution >= 4 is 27.5 Å². The Labute approximate surface area is 282 Å². The first-order chi connectivity index (χ1) is 23.5. The van der Waals surface area contributed by atoms with Crippen LogP contribution < -0.4 is 19.5 Å². The molecular formula is C38H41F4N6O+. The Morgan fingerprint density at radius 3 is 2.73 bits per heavy atom. The summed E-state index contributed by atoms with van der Waals surface area (Å²) in [5.74, 6) is -2.58. The van der Waals surface area contributed by atoms with Gasteiger partial charge in [-0.2, -0.15) is 18.9 Å². The fraction of sp³-hybridized carbons (Fsp3) is 0.553. The number of ether oxygens (including phenoxy) is 1. The maximum absolute atomic E-state index is 17.5. The molecule has 0 unspecified atom stereocenters. The topological polar surface area (TPSA) is 57.4 Å². The van der Waals surface area contributed by atoms with Crippen LogP contribution in [0.15, 0.2) is 30.3 Å². The molecule has 10 rings (SSSR count). The van der Waals surface area contributed by atoms with Gasteiger partial charge in [0.05, 0.1) is 16.5 Å². The van der Waals surface area contributed by atoms with E-state index in [1.807, 2.05) is 29.8 Å². The Hall–Kier alpha value is -3.57. The van der Waals surface area contributed by atoms with Crippen LogP contribution in [0.4, 0.5) is 23.4 Å². The number of halogens is 4. The van der Waals surface area contributed by atoms with E-state index in [1.54, 1.807) is 13.0 Å². The summed E-state index contributed by atoms with van der Waals surface area (Å²) in [6, 6.07) is 9.68. The van der Waals surface area contributed by atoms with Gasteiger partial charge in [-0.15, -0.1) is 0 Å². The molecule has 7 heterocycles. The number of piperazine rings is 1. The minimum Gasteiger partial charge on any atom is -0.461 e. The van der Waals surface area contributed by atoms with Crippen molar-refractivity contribution < 1.29 is 26.9 Å². The molecule has 11 heteroatoms. The zero-order valence-electron chi connectivity index (χ0n) is 28.1. The van der Waals surface area contributed by atoms with Gasteiger partial charge in [0.1, 0.15) is 30.4 Å². The van der Waals surface area contributed by atoms with Gasteiger partial charge in [-0.05, 0) is 74.6 Å². The highest BCUT2D eigenvalue weighted by molar-refractivity contribution is 6.00. The van der Waals surface area contributed by atoms with Crippen LogP contribution in [0.5, 0.6) is 6.01 Å². The molecule has 2 aromatic carbocycles. The fourth-order valence-corrected chi connectivity index (χ4v) is 10.8. The molecule has 4 aromatic rings. The lowest BCUT2D eigenvalue weighted by molar-refractivity contribution is -0.668. The molecule has 1 aliphatic carbocycles. The van der Waals surface area contributed by atoms with Crippen molar-refractivity contribution in [1.82, 2.24) is 20.2 Å². The molecule has 7 nitrogen and oxygen atoms in total. The van der Waals surface area contributed by atoms with Crippen molar-refractivity contribution in [3.05, 3.63) is 53.2 Å². The molecule has 2 aromatic heterocycles. The maximum Gasteiger partial charge on any atom is 0.319 e. The molecule has 1 N–H and O–H groups in total. The van der Waals surface area contributed by atoms with Crippen molar-refractivity contribution in [2.75, 3.05) is 31.1 Å². The highest BCUT2D eigenvalue weighted by Crippen LogP contribution is 2.69. The predicted octanol–water partition coefficient (Wildman–Crippen LogP) is 6.01. The van der Waals surface area contributed by atoms with E-state index in [0.717, 1.165) is 49.9 Å². The Kier molecular flexibility index (Phi) is 6.19. The van der Waals surface area contributed by atoms with Gasteiger partial charge in [-0.3, -0.25) is 4.90 Å². The van der Waals surface area contributed by atoms with Gasteiger partial charge in [-0.1, -0.05) is 25.1 Å². The van der Waals surface area contributed by atoms with Crippen LogP contribution in [-0.2, 0) is 13.5 Å². The van der Waals surface area contributed by atoms with E-state index in [-0.39, 0.29) is 48.4 Å². The zero-order valence-corrected chi connectivity index (χ0v) is 28.1. The number of alkyl halides is 2. The molecule has 6 aliphatic rings. The molecule has 0 amide bonds. The van der Waals surface area contributed by atoms with E-state index in [1.165, 1.54) is 6.07 Å². The number of pyridine rings is 1. The number of hydrogen-bond donors (Lipinski definition) is 1. The summed E-state index contributed by atoms with van der Waals surface area (Å²) in [6.45, 7) is 6.10. The predicted molar refractivity (Wildman–Crippen MR) is 178 cm³/mol. The summed E-state index contributed by atoms with van der Waals surface area (Å²) in [6.07, 6.45) is 4.88. The van der Waals surface area contributed by atoms with E-state index in [2.05, 4.69) is 22.0 Å². The molecule has 49 heavy (non-hydrogen) atoms. The van der Waals surface area contributed by atoms with Gasteiger partial charge in [0, 0.05) is 49.4 Å². The second-order valence-electron chi connectivity index (χ2n) is 16.0. The lowest BCUT2D eigenvalue weighted by Crippen LogP contribution is -2.60. The third kappa shape index (κ3) is 4.11. The summed E-state index contributed by atoms with van der Waals surface area (Å²) >= 11 is 0. The third-order valence-electron chi connectivity index (χ3n) is 13.2. The first kappa shape index (κ1) is 30.3. The molecule has 6 atom stereocenters. The van der Waals surface area contributed by atoms with E-state index in [4.69, 9.17) is 14.7 Å². The minimum atomic E-state index is -2.63. The number of hydrogen-bond acceptors (Lipinski definition) is 6. The summed E-state index contributed by atoms with van der Waals surface area (Å²) < 4.78 is 70.0. The number of aryl methyl sites for hydroxylation is 1. The molecule has 5 fully saturated rings. The molecule has 0 radical (unpaired) electrons. The standard InChI is InChI=1S/C38H41F4N6O/c1-20-14-27-29-31(30(40)33(46(27)3)24-7-4-6-22-8-10-25(39)21(2)28(22)24)44-35(45-34(29)48-15-23-9-11-26(43-23)32(20)48)49-19-37-12-5-13-47(37)18-36(16-37)17-38(36,41)42/h4,6-8,10,20,23,26,32,43H,5,9,11-19H2,1-3H3/q+1/t20-,23+,26-,32-,36-,37-/m0/s1. The zero-order chi connectivity index (χ0) is 33.6. The Balaban J connectivity index is 1.16. The van der Waals surface area contributed by atoms with E-state index in [9.17, 15) is 8.78 Å². The molecule has 2 bridgehead atoms.